The maximum atomic E-state index is 11.7. The zero-order valence-electron chi connectivity index (χ0n) is 9.31. The summed E-state index contributed by atoms with van der Waals surface area (Å²) in [6.07, 6.45) is -0.623. The molecule has 0 aliphatic carbocycles. The summed E-state index contributed by atoms with van der Waals surface area (Å²) >= 11 is 5.94. The van der Waals surface area contributed by atoms with Gasteiger partial charge in [-0.05, 0) is 24.6 Å². The summed E-state index contributed by atoms with van der Waals surface area (Å²) in [6, 6.07) is 4.83. The number of aryl methyl sites for hydroxylation is 1. The molecule has 1 aromatic rings. The Morgan fingerprint density at radius 1 is 1.65 bits per heavy atom. The number of nitrogens with zero attached hydrogens (tertiary/aromatic N) is 1. The average molecular weight is 257 g/mol. The maximum absolute atomic E-state index is 11.7. The van der Waals surface area contributed by atoms with Crippen LogP contribution in [0.4, 0.5) is 10.5 Å². The number of aliphatic hydroxyl groups excluding tert-OH is 1. The smallest absolute Gasteiger partial charge is 0.345 e. The van der Waals surface area contributed by atoms with Gasteiger partial charge in [-0.2, -0.15) is 0 Å². The molecule has 0 unspecified atom stereocenters. The molecule has 1 heterocycles. The monoisotopic (exact) mass is 256 g/mol. The predicted octanol–water partition coefficient (Wildman–Crippen LogP) is 1.79. The van der Waals surface area contributed by atoms with Gasteiger partial charge < -0.3 is 10.4 Å². The third kappa shape index (κ3) is 2.88. The van der Waals surface area contributed by atoms with Gasteiger partial charge in [0.1, 0.15) is 12.7 Å². The number of nitrogens with one attached hydrogen (secondary N) is 1. The highest BCUT2D eigenvalue weighted by Crippen LogP contribution is 2.20. The summed E-state index contributed by atoms with van der Waals surface area (Å²) in [4.78, 5) is 16.7. The summed E-state index contributed by atoms with van der Waals surface area (Å²) < 4.78 is 0. The molecular formula is C11H13ClN2O3. The lowest BCUT2D eigenvalue weighted by Gasteiger charge is -2.15. The Kier molecular flexibility index (Phi) is 3.51. The van der Waals surface area contributed by atoms with Crippen LogP contribution in [0, 0.1) is 6.92 Å². The van der Waals surface area contributed by atoms with E-state index in [1.807, 2.05) is 13.0 Å². The molecule has 1 aliphatic heterocycles. The summed E-state index contributed by atoms with van der Waals surface area (Å²) in [7, 11) is 0. The molecule has 6 heteroatoms. The van der Waals surface area contributed by atoms with Crippen LogP contribution < -0.4 is 5.32 Å². The van der Waals surface area contributed by atoms with Crippen LogP contribution in [0.15, 0.2) is 18.2 Å². The van der Waals surface area contributed by atoms with Gasteiger partial charge in [0.15, 0.2) is 0 Å². The van der Waals surface area contributed by atoms with Crippen molar-refractivity contribution in [3.05, 3.63) is 28.8 Å². The van der Waals surface area contributed by atoms with Gasteiger partial charge in [-0.3, -0.25) is 4.84 Å². The van der Waals surface area contributed by atoms with Crippen molar-refractivity contribution in [1.29, 1.82) is 0 Å². The van der Waals surface area contributed by atoms with E-state index in [9.17, 15) is 9.90 Å². The van der Waals surface area contributed by atoms with Crippen LogP contribution in [-0.2, 0) is 4.84 Å². The van der Waals surface area contributed by atoms with Gasteiger partial charge in [0.05, 0.1) is 6.54 Å². The third-order valence-electron chi connectivity index (χ3n) is 2.45. The first-order valence-electron chi connectivity index (χ1n) is 5.22. The van der Waals surface area contributed by atoms with Gasteiger partial charge in [0.2, 0.25) is 0 Å². The number of β-amino-alcohol motifs (C(OH)–C–C–N with tert-alkyl or cyclic N) is 1. The first-order valence-corrected chi connectivity index (χ1v) is 5.59. The Morgan fingerprint density at radius 3 is 3.00 bits per heavy atom. The number of amides is 2. The highest BCUT2D eigenvalue weighted by molar-refractivity contribution is 6.31. The largest absolute Gasteiger partial charge is 0.389 e. The fourth-order valence-electron chi connectivity index (χ4n) is 1.47. The molecule has 1 atom stereocenters. The van der Waals surface area contributed by atoms with Gasteiger partial charge in [0.25, 0.3) is 0 Å². The third-order valence-corrected chi connectivity index (χ3v) is 2.86. The SMILES string of the molecule is Cc1ccc(NC(=O)N2C[C@@H](O)CO2)cc1Cl. The Bertz CT molecular complexity index is 439. The molecule has 2 amide bonds. The topological polar surface area (TPSA) is 61.8 Å². The number of benzene rings is 1. The van der Waals surface area contributed by atoms with E-state index in [0.717, 1.165) is 10.6 Å². The van der Waals surface area contributed by atoms with E-state index in [-0.39, 0.29) is 13.2 Å². The highest BCUT2D eigenvalue weighted by Gasteiger charge is 2.26. The van der Waals surface area contributed by atoms with Gasteiger partial charge in [0, 0.05) is 10.7 Å². The quantitative estimate of drug-likeness (QED) is 0.805. The van der Waals surface area contributed by atoms with E-state index < -0.39 is 12.1 Å². The van der Waals surface area contributed by atoms with E-state index in [1.54, 1.807) is 12.1 Å². The van der Waals surface area contributed by atoms with E-state index in [0.29, 0.717) is 10.7 Å². The van der Waals surface area contributed by atoms with Crippen molar-refractivity contribution in [1.82, 2.24) is 5.06 Å². The van der Waals surface area contributed by atoms with E-state index in [1.165, 1.54) is 0 Å². The average Bonchev–Trinajstić information content (AvgIpc) is 2.70. The number of rotatable bonds is 1. The molecule has 92 valence electrons. The molecule has 1 fully saturated rings. The molecule has 0 bridgehead atoms. The Morgan fingerprint density at radius 2 is 2.41 bits per heavy atom. The number of aliphatic hydroxyl groups is 1. The van der Waals surface area contributed by atoms with E-state index in [2.05, 4.69) is 5.32 Å². The second kappa shape index (κ2) is 4.91. The van der Waals surface area contributed by atoms with Crippen LogP contribution in [0.5, 0.6) is 0 Å². The second-order valence-electron chi connectivity index (χ2n) is 3.90. The van der Waals surface area contributed by atoms with Crippen molar-refractivity contribution in [3.63, 3.8) is 0 Å². The summed E-state index contributed by atoms with van der Waals surface area (Å²) in [5.41, 5.74) is 1.54. The molecule has 0 aromatic heterocycles. The van der Waals surface area contributed by atoms with Gasteiger partial charge in [-0.15, -0.1) is 0 Å². The molecule has 0 radical (unpaired) electrons. The van der Waals surface area contributed by atoms with Crippen molar-refractivity contribution in [2.75, 3.05) is 18.5 Å². The summed E-state index contributed by atoms with van der Waals surface area (Å²) in [5, 5.41) is 13.5. The number of anilines is 1. The zero-order chi connectivity index (χ0) is 12.4. The normalized spacial score (nSPS) is 19.5. The summed E-state index contributed by atoms with van der Waals surface area (Å²) in [5.74, 6) is 0. The number of hydrogen-bond acceptors (Lipinski definition) is 3. The highest BCUT2D eigenvalue weighted by atomic mass is 35.5. The number of hydrogen-bond donors (Lipinski definition) is 2. The first-order chi connectivity index (χ1) is 8.06. The fraction of sp³-hybridized carbons (Fsp3) is 0.364. The van der Waals surface area contributed by atoms with Crippen molar-refractivity contribution >= 4 is 23.3 Å². The predicted molar refractivity (Wildman–Crippen MR) is 63.9 cm³/mol. The Hall–Kier alpha value is -1.30. The number of hydroxylamine groups is 2. The molecule has 1 aromatic carbocycles. The molecule has 0 saturated carbocycles. The van der Waals surface area contributed by atoms with E-state index in [4.69, 9.17) is 16.4 Å². The molecule has 2 N–H and O–H groups in total. The molecule has 1 aliphatic rings. The minimum atomic E-state index is -0.623. The molecule has 2 rings (SSSR count). The molecule has 17 heavy (non-hydrogen) atoms. The molecular weight excluding hydrogens is 244 g/mol. The molecule has 1 saturated heterocycles. The number of carbonyl (C=O) groups is 1. The van der Waals surface area contributed by atoms with Gasteiger partial charge >= 0.3 is 6.03 Å². The van der Waals surface area contributed by atoms with Gasteiger partial charge in [-0.25, -0.2) is 9.86 Å². The minimum absolute atomic E-state index is 0.141. The lowest BCUT2D eigenvalue weighted by Crippen LogP contribution is -2.32. The fourth-order valence-corrected chi connectivity index (χ4v) is 1.65. The van der Waals surface area contributed by atoms with Gasteiger partial charge in [-0.1, -0.05) is 17.7 Å². The lowest BCUT2D eigenvalue weighted by molar-refractivity contribution is -0.0631. The van der Waals surface area contributed by atoms with Crippen molar-refractivity contribution in [2.24, 2.45) is 0 Å². The van der Waals surface area contributed by atoms with E-state index >= 15 is 0 Å². The standard InChI is InChI=1S/C11H13ClN2O3/c1-7-2-3-8(4-10(7)12)13-11(16)14-5-9(15)6-17-14/h2-4,9,15H,5-6H2,1H3,(H,13,16)/t9-/m1/s1. The summed E-state index contributed by atoms with van der Waals surface area (Å²) in [6.45, 7) is 2.20. The van der Waals surface area contributed by atoms with Crippen LogP contribution >= 0.6 is 11.6 Å². The number of urea groups is 1. The molecule has 5 nitrogen and oxygen atoms in total. The van der Waals surface area contributed by atoms with Crippen LogP contribution in [0.2, 0.25) is 5.02 Å². The number of halogens is 1. The second-order valence-corrected chi connectivity index (χ2v) is 4.31. The zero-order valence-corrected chi connectivity index (χ0v) is 10.1. The molecule has 0 spiro atoms. The van der Waals surface area contributed by atoms with Crippen LogP contribution in [0.3, 0.4) is 0 Å². The van der Waals surface area contributed by atoms with Crippen LogP contribution in [0.1, 0.15) is 5.56 Å². The number of carbonyl (C=O) groups excluding carboxylic acids is 1. The minimum Gasteiger partial charge on any atom is -0.389 e. The Labute approximate surface area is 104 Å². The van der Waals surface area contributed by atoms with Crippen molar-refractivity contribution in [3.8, 4) is 0 Å². The lowest BCUT2D eigenvalue weighted by atomic mass is 10.2. The maximum Gasteiger partial charge on any atom is 0.345 e. The van der Waals surface area contributed by atoms with Crippen molar-refractivity contribution < 1.29 is 14.7 Å². The Balaban J connectivity index is 2.00. The van der Waals surface area contributed by atoms with Crippen LogP contribution in [0.25, 0.3) is 0 Å². The first kappa shape index (κ1) is 12.2. The van der Waals surface area contributed by atoms with Crippen LogP contribution in [-0.4, -0.2) is 35.5 Å². The van der Waals surface area contributed by atoms with Crippen molar-refractivity contribution in [2.45, 2.75) is 13.0 Å².